The molecule has 16 heteroatoms. The molecule has 0 amide bonds. The van der Waals surface area contributed by atoms with Gasteiger partial charge in [-0.15, -0.1) is 0 Å². The Labute approximate surface area is 206 Å². The SMILES string of the molecule is N#Cc1cc(Cn2cnc(C(F)(F)C(F)F)c(Oc3cc(C(F)F)cc(C#N)c3Cl)c2=O)[n+]([O-])cc1F. The fourth-order valence-corrected chi connectivity index (χ4v) is 3.15. The number of benzene rings is 1. The van der Waals surface area contributed by atoms with Gasteiger partial charge in [0.15, 0.2) is 5.69 Å². The molecule has 37 heavy (non-hydrogen) atoms. The highest BCUT2D eigenvalue weighted by atomic mass is 35.5. The van der Waals surface area contributed by atoms with Crippen LogP contribution in [0.1, 0.15) is 34.5 Å². The van der Waals surface area contributed by atoms with E-state index in [0.29, 0.717) is 29.2 Å². The average Bonchev–Trinajstić information content (AvgIpc) is 2.83. The Kier molecular flexibility index (Phi) is 7.59. The minimum Gasteiger partial charge on any atom is -0.618 e. The van der Waals surface area contributed by atoms with Gasteiger partial charge in [-0.25, -0.2) is 22.5 Å². The van der Waals surface area contributed by atoms with Crippen LogP contribution in [0, 0.1) is 33.7 Å². The Balaban J connectivity index is 2.24. The van der Waals surface area contributed by atoms with Crippen molar-refractivity contribution in [3.8, 4) is 23.6 Å². The molecule has 0 aliphatic heterocycles. The summed E-state index contributed by atoms with van der Waals surface area (Å²) in [5.74, 6) is -8.79. The number of ether oxygens (including phenoxy) is 1. The molecule has 0 radical (unpaired) electrons. The minimum absolute atomic E-state index is 0.0903. The van der Waals surface area contributed by atoms with Gasteiger partial charge in [0.1, 0.15) is 35.0 Å². The first-order valence-electron chi connectivity index (χ1n) is 9.58. The van der Waals surface area contributed by atoms with Crippen LogP contribution in [0.2, 0.25) is 5.02 Å². The molecule has 3 aromatic rings. The first-order valence-corrected chi connectivity index (χ1v) is 9.96. The third kappa shape index (κ3) is 5.26. The van der Waals surface area contributed by atoms with Gasteiger partial charge in [-0.05, 0) is 12.1 Å². The van der Waals surface area contributed by atoms with Crippen LogP contribution >= 0.6 is 11.6 Å². The molecule has 1 aromatic carbocycles. The molecule has 2 aromatic heterocycles. The number of hydrogen-bond acceptors (Lipinski definition) is 6. The summed E-state index contributed by atoms with van der Waals surface area (Å²) in [7, 11) is 0. The van der Waals surface area contributed by atoms with Gasteiger partial charge in [0, 0.05) is 11.6 Å². The third-order valence-electron chi connectivity index (χ3n) is 4.77. The van der Waals surface area contributed by atoms with E-state index in [2.05, 4.69) is 4.98 Å². The molecule has 0 aliphatic carbocycles. The van der Waals surface area contributed by atoms with Gasteiger partial charge in [0.05, 0.1) is 11.9 Å². The van der Waals surface area contributed by atoms with Crippen LogP contribution in [-0.4, -0.2) is 16.0 Å². The zero-order chi connectivity index (χ0) is 27.7. The maximum absolute atomic E-state index is 14.3. The van der Waals surface area contributed by atoms with Crippen molar-refractivity contribution < 1.29 is 40.2 Å². The number of rotatable bonds is 7. The minimum atomic E-state index is -5.08. The predicted molar refractivity (Wildman–Crippen MR) is 109 cm³/mol. The summed E-state index contributed by atoms with van der Waals surface area (Å²) in [5, 5.41) is 29.3. The molecule has 0 unspecified atom stereocenters. The number of halogens is 8. The highest BCUT2D eigenvalue weighted by Gasteiger charge is 2.48. The number of alkyl halides is 6. The van der Waals surface area contributed by atoms with E-state index < -0.39 is 81.3 Å². The molecule has 0 saturated heterocycles. The standard InChI is InChI=1S/C21H9ClF7N5O3/c22-15-11(5-31)1-9(18(24)25)3-14(15)37-16-17(21(28,29)20(26)27)32-8-33(19(16)35)6-12-2-10(4-30)13(23)7-34(12)36/h1-3,7-8,18,20H,6H2. The van der Waals surface area contributed by atoms with E-state index in [1.807, 2.05) is 0 Å². The molecule has 2 heterocycles. The lowest BCUT2D eigenvalue weighted by Crippen LogP contribution is -2.37. The molecular formula is C21H9ClF7N5O3. The molecule has 0 aliphatic rings. The third-order valence-corrected chi connectivity index (χ3v) is 5.16. The maximum Gasteiger partial charge on any atom is 0.352 e. The molecule has 0 spiro atoms. The molecule has 3 rings (SSSR count). The van der Waals surface area contributed by atoms with E-state index in [-0.39, 0.29) is 4.73 Å². The van der Waals surface area contributed by atoms with E-state index in [4.69, 9.17) is 26.9 Å². The highest BCUT2D eigenvalue weighted by molar-refractivity contribution is 6.33. The fourth-order valence-electron chi connectivity index (χ4n) is 2.96. The Morgan fingerprint density at radius 1 is 1.16 bits per heavy atom. The average molecular weight is 548 g/mol. The van der Waals surface area contributed by atoms with Crippen LogP contribution in [0.3, 0.4) is 0 Å². The quantitative estimate of drug-likeness (QED) is 0.243. The zero-order valence-electron chi connectivity index (χ0n) is 17.7. The summed E-state index contributed by atoms with van der Waals surface area (Å²) < 4.78 is 100. The maximum atomic E-state index is 14.3. The van der Waals surface area contributed by atoms with E-state index >= 15 is 0 Å². The number of aromatic nitrogens is 3. The van der Waals surface area contributed by atoms with Crippen molar-refractivity contribution in [1.29, 1.82) is 10.5 Å². The summed E-state index contributed by atoms with van der Waals surface area (Å²) in [4.78, 5) is 16.1. The normalized spacial score (nSPS) is 11.5. The predicted octanol–water partition coefficient (Wildman–Crippen LogP) is 4.55. The lowest BCUT2D eigenvalue weighted by Gasteiger charge is -2.19. The van der Waals surface area contributed by atoms with Crippen molar-refractivity contribution >= 4 is 11.6 Å². The van der Waals surface area contributed by atoms with Crippen LogP contribution in [0.15, 0.2) is 35.5 Å². The first kappa shape index (κ1) is 27.2. The van der Waals surface area contributed by atoms with Gasteiger partial charge in [-0.1, -0.05) is 11.6 Å². The summed E-state index contributed by atoms with van der Waals surface area (Å²) in [5.41, 5.74) is -6.06. The Hall–Kier alpha value is -4.37. The Morgan fingerprint density at radius 2 is 1.81 bits per heavy atom. The van der Waals surface area contributed by atoms with Crippen molar-refractivity contribution in [1.82, 2.24) is 9.55 Å². The van der Waals surface area contributed by atoms with E-state index in [1.54, 1.807) is 0 Å². The van der Waals surface area contributed by atoms with Crippen molar-refractivity contribution in [2.45, 2.75) is 25.3 Å². The lowest BCUT2D eigenvalue weighted by atomic mass is 10.1. The monoisotopic (exact) mass is 547 g/mol. The molecule has 0 fully saturated rings. The number of nitrogens with zero attached hydrogens (tertiary/aromatic N) is 5. The van der Waals surface area contributed by atoms with Crippen molar-refractivity contribution in [3.63, 3.8) is 0 Å². The molecule has 8 nitrogen and oxygen atoms in total. The molecular weight excluding hydrogens is 539 g/mol. The van der Waals surface area contributed by atoms with Crippen molar-refractivity contribution in [3.05, 3.63) is 85.2 Å². The second-order valence-corrected chi connectivity index (χ2v) is 7.52. The van der Waals surface area contributed by atoms with E-state index in [9.17, 15) is 40.7 Å². The fraction of sp³-hybridized carbons (Fsp3) is 0.190. The smallest absolute Gasteiger partial charge is 0.352 e. The molecule has 0 bridgehead atoms. The highest BCUT2D eigenvalue weighted by Crippen LogP contribution is 2.41. The summed E-state index contributed by atoms with van der Waals surface area (Å²) in [6, 6.07) is 4.79. The summed E-state index contributed by atoms with van der Waals surface area (Å²) >= 11 is 5.89. The lowest BCUT2D eigenvalue weighted by molar-refractivity contribution is -0.616. The number of nitriles is 2. The Morgan fingerprint density at radius 3 is 2.38 bits per heavy atom. The van der Waals surface area contributed by atoms with Gasteiger partial charge in [-0.2, -0.15) is 28.4 Å². The van der Waals surface area contributed by atoms with Crippen LogP contribution in [0.25, 0.3) is 0 Å². The van der Waals surface area contributed by atoms with Gasteiger partial charge >= 0.3 is 12.3 Å². The van der Waals surface area contributed by atoms with Crippen molar-refractivity contribution in [2.24, 2.45) is 0 Å². The van der Waals surface area contributed by atoms with E-state index in [1.165, 1.54) is 12.1 Å². The van der Waals surface area contributed by atoms with Crippen LogP contribution in [-0.2, 0) is 12.5 Å². The van der Waals surface area contributed by atoms with Crippen molar-refractivity contribution in [2.75, 3.05) is 0 Å². The van der Waals surface area contributed by atoms with E-state index in [0.717, 1.165) is 6.07 Å². The zero-order valence-corrected chi connectivity index (χ0v) is 18.5. The van der Waals surface area contributed by atoms with Gasteiger partial charge in [0.25, 0.3) is 12.0 Å². The van der Waals surface area contributed by atoms with Gasteiger partial charge in [-0.3, -0.25) is 9.36 Å². The Bertz CT molecular complexity index is 1520. The van der Waals surface area contributed by atoms with Crippen LogP contribution in [0.5, 0.6) is 11.5 Å². The summed E-state index contributed by atoms with van der Waals surface area (Å²) in [6.45, 7) is -0.838. The number of pyridine rings is 1. The molecule has 0 N–H and O–H groups in total. The van der Waals surface area contributed by atoms with Crippen LogP contribution < -0.4 is 15.0 Å². The molecule has 192 valence electrons. The number of hydrogen-bond donors (Lipinski definition) is 0. The molecule has 0 atom stereocenters. The van der Waals surface area contributed by atoms with Crippen LogP contribution in [0.4, 0.5) is 30.7 Å². The van der Waals surface area contributed by atoms with Gasteiger partial charge < -0.3 is 9.94 Å². The summed E-state index contributed by atoms with van der Waals surface area (Å²) in [6.07, 6.45) is -6.90. The second-order valence-electron chi connectivity index (χ2n) is 7.14. The second kappa shape index (κ2) is 10.3. The topological polar surface area (TPSA) is 119 Å². The van der Waals surface area contributed by atoms with Gasteiger partial charge in [0.2, 0.25) is 23.5 Å². The first-order chi connectivity index (χ1) is 17.3. The molecule has 0 saturated carbocycles. The largest absolute Gasteiger partial charge is 0.618 e.